The van der Waals surface area contributed by atoms with Crippen LogP contribution in [0.3, 0.4) is 0 Å². The smallest absolute Gasteiger partial charge is 0.118 e. The monoisotopic (exact) mass is 235 g/mol. The van der Waals surface area contributed by atoms with Crippen LogP contribution in [-0.2, 0) is 10.3 Å². The third-order valence-electron chi connectivity index (χ3n) is 3.72. The highest BCUT2D eigenvalue weighted by atomic mass is 16.5. The minimum Gasteiger partial charge on any atom is -0.497 e. The van der Waals surface area contributed by atoms with E-state index in [-0.39, 0.29) is 5.60 Å². The highest BCUT2D eigenvalue weighted by Gasteiger charge is 2.38. The zero-order valence-electron chi connectivity index (χ0n) is 10.8. The van der Waals surface area contributed by atoms with E-state index < -0.39 is 0 Å². The van der Waals surface area contributed by atoms with Gasteiger partial charge in [0, 0.05) is 12.6 Å². The molecule has 1 aromatic carbocycles. The number of methoxy groups -OCH3 is 1. The largest absolute Gasteiger partial charge is 0.497 e. The van der Waals surface area contributed by atoms with E-state index in [4.69, 9.17) is 9.47 Å². The minimum atomic E-state index is -0.237. The second-order valence-electron chi connectivity index (χ2n) is 4.67. The summed E-state index contributed by atoms with van der Waals surface area (Å²) >= 11 is 0. The molecule has 0 saturated carbocycles. The Kier molecular flexibility index (Phi) is 3.69. The third kappa shape index (κ3) is 2.31. The first-order valence-corrected chi connectivity index (χ1v) is 6.16. The molecule has 0 amide bonds. The standard InChI is InChI=1S/C14H21NO2/c1-14(13(15-2)5-4-10-17-14)11-6-8-12(16-3)9-7-11/h6-9,13,15H,4-5,10H2,1-3H3/t13-,14+/m0/s1. The van der Waals surface area contributed by atoms with E-state index >= 15 is 0 Å². The lowest BCUT2D eigenvalue weighted by atomic mass is 9.83. The Labute approximate surface area is 103 Å². The van der Waals surface area contributed by atoms with Crippen LogP contribution in [0, 0.1) is 0 Å². The average Bonchev–Trinajstić information content (AvgIpc) is 2.39. The van der Waals surface area contributed by atoms with Gasteiger partial charge in [-0.3, -0.25) is 0 Å². The van der Waals surface area contributed by atoms with Gasteiger partial charge >= 0.3 is 0 Å². The predicted octanol–water partition coefficient (Wildman–Crippen LogP) is 2.31. The number of hydrogen-bond donors (Lipinski definition) is 1. The summed E-state index contributed by atoms with van der Waals surface area (Å²) in [5.41, 5.74) is 0.969. The molecule has 0 aliphatic carbocycles. The summed E-state index contributed by atoms with van der Waals surface area (Å²) in [5, 5.41) is 3.37. The molecular weight excluding hydrogens is 214 g/mol. The molecule has 1 saturated heterocycles. The van der Waals surface area contributed by atoms with Crippen LogP contribution in [0.4, 0.5) is 0 Å². The van der Waals surface area contributed by atoms with Crippen LogP contribution in [0.25, 0.3) is 0 Å². The summed E-state index contributed by atoms with van der Waals surface area (Å²) in [4.78, 5) is 0. The van der Waals surface area contributed by atoms with Crippen molar-refractivity contribution in [3.05, 3.63) is 29.8 Å². The topological polar surface area (TPSA) is 30.5 Å². The minimum absolute atomic E-state index is 0.237. The van der Waals surface area contributed by atoms with Crippen LogP contribution in [-0.4, -0.2) is 26.8 Å². The van der Waals surface area contributed by atoms with Crippen molar-refractivity contribution in [2.75, 3.05) is 20.8 Å². The van der Waals surface area contributed by atoms with Gasteiger partial charge in [-0.25, -0.2) is 0 Å². The molecule has 3 heteroatoms. The molecule has 1 aliphatic rings. The van der Waals surface area contributed by atoms with Crippen molar-refractivity contribution in [1.82, 2.24) is 5.32 Å². The summed E-state index contributed by atoms with van der Waals surface area (Å²) in [6.45, 7) is 3.00. The van der Waals surface area contributed by atoms with E-state index in [0.29, 0.717) is 6.04 Å². The Morgan fingerprint density at radius 2 is 2.06 bits per heavy atom. The molecule has 1 N–H and O–H groups in total. The Hall–Kier alpha value is -1.06. The zero-order valence-corrected chi connectivity index (χ0v) is 10.8. The van der Waals surface area contributed by atoms with Crippen molar-refractivity contribution >= 4 is 0 Å². The van der Waals surface area contributed by atoms with Gasteiger partial charge in [0.25, 0.3) is 0 Å². The summed E-state index contributed by atoms with van der Waals surface area (Å²) < 4.78 is 11.2. The number of ether oxygens (including phenoxy) is 2. The lowest BCUT2D eigenvalue weighted by Crippen LogP contribution is -2.50. The maximum absolute atomic E-state index is 6.03. The van der Waals surface area contributed by atoms with Gasteiger partial charge in [0.05, 0.1) is 7.11 Å². The fourth-order valence-corrected chi connectivity index (χ4v) is 2.57. The van der Waals surface area contributed by atoms with Gasteiger partial charge in [0.2, 0.25) is 0 Å². The van der Waals surface area contributed by atoms with Crippen molar-refractivity contribution in [3.8, 4) is 5.75 Å². The van der Waals surface area contributed by atoms with Crippen molar-refractivity contribution < 1.29 is 9.47 Å². The van der Waals surface area contributed by atoms with Crippen LogP contribution >= 0.6 is 0 Å². The van der Waals surface area contributed by atoms with E-state index in [1.54, 1.807) is 7.11 Å². The third-order valence-corrected chi connectivity index (χ3v) is 3.72. The predicted molar refractivity (Wildman–Crippen MR) is 68.4 cm³/mol. The summed E-state index contributed by atoms with van der Waals surface area (Å²) in [5.74, 6) is 0.883. The van der Waals surface area contributed by atoms with Gasteiger partial charge in [-0.15, -0.1) is 0 Å². The molecule has 1 fully saturated rings. The molecule has 2 rings (SSSR count). The van der Waals surface area contributed by atoms with E-state index in [1.807, 2.05) is 19.2 Å². The number of rotatable bonds is 3. The second-order valence-corrected chi connectivity index (χ2v) is 4.67. The first-order chi connectivity index (χ1) is 8.20. The summed E-state index contributed by atoms with van der Waals surface area (Å²) in [6, 6.07) is 8.53. The van der Waals surface area contributed by atoms with Crippen molar-refractivity contribution in [1.29, 1.82) is 0 Å². The molecule has 94 valence electrons. The fraction of sp³-hybridized carbons (Fsp3) is 0.571. The average molecular weight is 235 g/mol. The lowest BCUT2D eigenvalue weighted by molar-refractivity contribution is -0.0922. The zero-order chi connectivity index (χ0) is 12.3. The number of hydrogen-bond acceptors (Lipinski definition) is 3. The van der Waals surface area contributed by atoms with E-state index in [9.17, 15) is 0 Å². The molecule has 0 aromatic heterocycles. The van der Waals surface area contributed by atoms with Crippen LogP contribution in [0.1, 0.15) is 25.3 Å². The van der Waals surface area contributed by atoms with Gasteiger partial charge in [-0.1, -0.05) is 12.1 Å². The van der Waals surface area contributed by atoms with Gasteiger partial charge in [-0.2, -0.15) is 0 Å². The molecule has 0 spiro atoms. The fourth-order valence-electron chi connectivity index (χ4n) is 2.57. The van der Waals surface area contributed by atoms with Crippen LogP contribution in [0.5, 0.6) is 5.75 Å². The van der Waals surface area contributed by atoms with Gasteiger partial charge < -0.3 is 14.8 Å². The Bertz CT molecular complexity index is 363. The Morgan fingerprint density at radius 1 is 1.35 bits per heavy atom. The molecule has 0 radical (unpaired) electrons. The van der Waals surface area contributed by atoms with Crippen LogP contribution in [0.15, 0.2) is 24.3 Å². The first-order valence-electron chi connectivity index (χ1n) is 6.16. The van der Waals surface area contributed by atoms with Gasteiger partial charge in [-0.05, 0) is 44.5 Å². The molecule has 0 bridgehead atoms. The van der Waals surface area contributed by atoms with E-state index in [2.05, 4.69) is 24.4 Å². The van der Waals surface area contributed by atoms with E-state index in [1.165, 1.54) is 5.56 Å². The first kappa shape index (κ1) is 12.4. The van der Waals surface area contributed by atoms with E-state index in [0.717, 1.165) is 25.2 Å². The highest BCUT2D eigenvalue weighted by molar-refractivity contribution is 5.32. The molecular formula is C14H21NO2. The highest BCUT2D eigenvalue weighted by Crippen LogP contribution is 2.35. The SMILES string of the molecule is CN[C@H]1CCCO[C@]1(C)c1ccc(OC)cc1. The number of nitrogens with one attached hydrogen (secondary N) is 1. The van der Waals surface area contributed by atoms with Crippen molar-refractivity contribution in [2.24, 2.45) is 0 Å². The Balaban J connectivity index is 2.27. The summed E-state index contributed by atoms with van der Waals surface area (Å²) in [7, 11) is 3.69. The quantitative estimate of drug-likeness (QED) is 0.872. The second kappa shape index (κ2) is 5.07. The van der Waals surface area contributed by atoms with Crippen molar-refractivity contribution in [2.45, 2.75) is 31.4 Å². The van der Waals surface area contributed by atoms with Gasteiger partial charge in [0.15, 0.2) is 0 Å². The molecule has 2 atom stereocenters. The van der Waals surface area contributed by atoms with Gasteiger partial charge in [0.1, 0.15) is 11.4 Å². The Morgan fingerprint density at radius 3 is 2.65 bits per heavy atom. The molecule has 17 heavy (non-hydrogen) atoms. The molecule has 1 aliphatic heterocycles. The molecule has 3 nitrogen and oxygen atoms in total. The molecule has 1 aromatic rings. The lowest BCUT2D eigenvalue weighted by Gasteiger charge is -2.41. The molecule has 1 heterocycles. The summed E-state index contributed by atoms with van der Waals surface area (Å²) in [6.07, 6.45) is 2.27. The van der Waals surface area contributed by atoms with Crippen LogP contribution in [0.2, 0.25) is 0 Å². The van der Waals surface area contributed by atoms with Crippen LogP contribution < -0.4 is 10.1 Å². The molecule has 0 unspecified atom stereocenters. The maximum atomic E-state index is 6.03. The normalized spacial score (nSPS) is 29.0. The number of benzene rings is 1. The number of likely N-dealkylation sites (N-methyl/N-ethyl adjacent to an activating group) is 1. The maximum Gasteiger partial charge on any atom is 0.118 e. The van der Waals surface area contributed by atoms with Crippen molar-refractivity contribution in [3.63, 3.8) is 0 Å².